The molecule has 0 spiro atoms. The normalized spacial score (nSPS) is 15.5. The van der Waals surface area contributed by atoms with Crippen LogP contribution >= 0.6 is 11.7 Å². The van der Waals surface area contributed by atoms with Crippen molar-refractivity contribution in [3.05, 3.63) is 69.8 Å². The average Bonchev–Trinajstić information content (AvgIpc) is 3.22. The fraction of sp³-hybridized carbons (Fsp3) is 0.273. The molecule has 0 aliphatic carbocycles. The molecule has 4 aromatic rings. The number of likely N-dealkylation sites (tertiary alicyclic amines) is 1. The zero-order valence-electron chi connectivity index (χ0n) is 16.5. The third-order valence-corrected chi connectivity index (χ3v) is 6.12. The van der Waals surface area contributed by atoms with Crippen molar-refractivity contribution in [2.45, 2.75) is 25.4 Å². The number of rotatable bonds is 4. The second-order valence-corrected chi connectivity index (χ2v) is 8.26. The van der Waals surface area contributed by atoms with E-state index in [1.54, 1.807) is 0 Å². The van der Waals surface area contributed by atoms with E-state index < -0.39 is 11.7 Å². The minimum atomic E-state index is -0.522. The molecule has 0 unspecified atom stereocenters. The first-order valence-corrected chi connectivity index (χ1v) is 10.8. The Morgan fingerprint density at radius 2 is 1.94 bits per heavy atom. The summed E-state index contributed by atoms with van der Waals surface area (Å²) in [6, 6.07) is 10.9. The molecule has 1 aliphatic rings. The molecular formula is C22H19FN4O3S. The molecule has 0 bridgehead atoms. The second kappa shape index (κ2) is 8.16. The Balaban J connectivity index is 1.20. The lowest BCUT2D eigenvalue weighted by Crippen LogP contribution is -2.44. The maximum atomic E-state index is 13.5. The predicted molar refractivity (Wildman–Crippen MR) is 116 cm³/mol. The van der Waals surface area contributed by atoms with Gasteiger partial charge in [-0.1, -0.05) is 6.07 Å². The molecule has 1 N–H and O–H groups in total. The van der Waals surface area contributed by atoms with Crippen LogP contribution in [-0.2, 0) is 6.54 Å². The van der Waals surface area contributed by atoms with Gasteiger partial charge < -0.3 is 9.73 Å². The number of hydrogen-bond donors (Lipinski definition) is 1. The molecule has 1 aliphatic heterocycles. The highest BCUT2D eigenvalue weighted by Gasteiger charge is 2.23. The van der Waals surface area contributed by atoms with E-state index in [1.807, 2.05) is 6.07 Å². The third kappa shape index (κ3) is 4.19. The van der Waals surface area contributed by atoms with Crippen molar-refractivity contribution < 1.29 is 13.6 Å². The van der Waals surface area contributed by atoms with Gasteiger partial charge in [-0.15, -0.1) is 0 Å². The first-order chi connectivity index (χ1) is 15.0. The standard InChI is InChI=1S/C22H19FN4O3S/c23-14-2-3-16-19(28)11-21(30-20(16)10-14)22(29)24-15-5-7-27(8-6-15)12-13-1-4-17-18(9-13)26-31-25-17/h1-4,9-11,15H,5-8,12H2,(H,24,29). The highest BCUT2D eigenvalue weighted by Crippen LogP contribution is 2.19. The fourth-order valence-corrected chi connectivity index (χ4v) is 4.43. The van der Waals surface area contributed by atoms with Crippen LogP contribution in [0, 0.1) is 5.82 Å². The molecule has 0 radical (unpaired) electrons. The molecule has 9 heteroatoms. The summed E-state index contributed by atoms with van der Waals surface area (Å²) in [5, 5.41) is 3.19. The Hall–Kier alpha value is -3.17. The number of benzene rings is 2. The predicted octanol–water partition coefficient (Wildman–Crippen LogP) is 3.33. The van der Waals surface area contributed by atoms with Crippen LogP contribution in [0.4, 0.5) is 4.39 Å². The smallest absolute Gasteiger partial charge is 0.287 e. The third-order valence-electron chi connectivity index (χ3n) is 5.56. The summed E-state index contributed by atoms with van der Waals surface area (Å²) in [4.78, 5) is 27.1. The second-order valence-electron chi connectivity index (χ2n) is 7.73. The quantitative estimate of drug-likeness (QED) is 0.526. The summed E-state index contributed by atoms with van der Waals surface area (Å²) < 4.78 is 27.5. The summed E-state index contributed by atoms with van der Waals surface area (Å²) in [6.07, 6.45) is 1.58. The molecular weight excluding hydrogens is 419 g/mol. The number of carbonyl (C=O) groups is 1. The number of halogens is 1. The van der Waals surface area contributed by atoms with Crippen LogP contribution in [0.15, 0.2) is 51.7 Å². The molecule has 3 heterocycles. The lowest BCUT2D eigenvalue weighted by Gasteiger charge is -2.32. The van der Waals surface area contributed by atoms with Crippen LogP contribution in [0.25, 0.3) is 22.0 Å². The molecule has 1 fully saturated rings. The number of amides is 1. The minimum absolute atomic E-state index is 0.0116. The van der Waals surface area contributed by atoms with Crippen molar-refractivity contribution >= 4 is 39.6 Å². The Kier molecular flexibility index (Phi) is 5.21. The van der Waals surface area contributed by atoms with Gasteiger partial charge in [0.05, 0.1) is 17.1 Å². The SMILES string of the molecule is O=C(NC1CCN(Cc2ccc3nsnc3c2)CC1)c1cc(=O)c2ccc(F)cc2o1. The van der Waals surface area contributed by atoms with Gasteiger partial charge in [0.25, 0.3) is 5.91 Å². The fourth-order valence-electron chi connectivity index (χ4n) is 3.92. The summed E-state index contributed by atoms with van der Waals surface area (Å²) in [7, 11) is 0. The number of nitrogens with zero attached hydrogens (tertiary/aromatic N) is 3. The monoisotopic (exact) mass is 438 g/mol. The van der Waals surface area contributed by atoms with Gasteiger partial charge in [0.1, 0.15) is 22.4 Å². The van der Waals surface area contributed by atoms with E-state index in [1.165, 1.54) is 29.4 Å². The Morgan fingerprint density at radius 1 is 1.13 bits per heavy atom. The highest BCUT2D eigenvalue weighted by atomic mass is 32.1. The molecule has 1 saturated heterocycles. The van der Waals surface area contributed by atoms with E-state index in [9.17, 15) is 14.0 Å². The largest absolute Gasteiger partial charge is 0.451 e. The highest BCUT2D eigenvalue weighted by molar-refractivity contribution is 7.00. The topological polar surface area (TPSA) is 88.3 Å². The van der Waals surface area contributed by atoms with Gasteiger partial charge in [-0.3, -0.25) is 14.5 Å². The van der Waals surface area contributed by atoms with Crippen LogP contribution in [0.1, 0.15) is 29.0 Å². The van der Waals surface area contributed by atoms with Crippen molar-refractivity contribution in [1.29, 1.82) is 0 Å². The van der Waals surface area contributed by atoms with Gasteiger partial charge in [-0.2, -0.15) is 8.75 Å². The summed E-state index contributed by atoms with van der Waals surface area (Å²) >= 11 is 1.21. The van der Waals surface area contributed by atoms with Crippen LogP contribution in [0.5, 0.6) is 0 Å². The van der Waals surface area contributed by atoms with Crippen LogP contribution < -0.4 is 10.7 Å². The summed E-state index contributed by atoms with van der Waals surface area (Å²) in [6.45, 7) is 2.50. The molecule has 2 aromatic carbocycles. The van der Waals surface area contributed by atoms with E-state index in [4.69, 9.17) is 4.42 Å². The van der Waals surface area contributed by atoms with Crippen molar-refractivity contribution in [2.75, 3.05) is 13.1 Å². The summed E-state index contributed by atoms with van der Waals surface area (Å²) in [5.74, 6) is -1.08. The van der Waals surface area contributed by atoms with Crippen LogP contribution in [-0.4, -0.2) is 38.7 Å². The van der Waals surface area contributed by atoms with E-state index >= 15 is 0 Å². The number of carbonyl (C=O) groups excluding carboxylic acids is 1. The first-order valence-electron chi connectivity index (χ1n) is 10.0. The maximum absolute atomic E-state index is 13.5. The average molecular weight is 438 g/mol. The van der Waals surface area contributed by atoms with Gasteiger partial charge in [0, 0.05) is 37.8 Å². The molecule has 0 saturated carbocycles. The zero-order chi connectivity index (χ0) is 21.4. The zero-order valence-corrected chi connectivity index (χ0v) is 17.3. The van der Waals surface area contributed by atoms with E-state index in [-0.39, 0.29) is 28.2 Å². The minimum Gasteiger partial charge on any atom is -0.451 e. The Bertz CT molecular complexity index is 1330. The van der Waals surface area contributed by atoms with Crippen molar-refractivity contribution in [3.8, 4) is 0 Å². The Morgan fingerprint density at radius 3 is 2.77 bits per heavy atom. The van der Waals surface area contributed by atoms with Gasteiger partial charge in [0.2, 0.25) is 0 Å². The van der Waals surface area contributed by atoms with Crippen molar-refractivity contribution in [2.24, 2.45) is 0 Å². The molecule has 158 valence electrons. The summed E-state index contributed by atoms with van der Waals surface area (Å²) in [5.41, 5.74) is 2.72. The van der Waals surface area contributed by atoms with E-state index in [0.717, 1.165) is 55.6 Å². The van der Waals surface area contributed by atoms with Crippen molar-refractivity contribution in [3.63, 3.8) is 0 Å². The molecule has 31 heavy (non-hydrogen) atoms. The molecule has 1 amide bonds. The molecule has 2 aromatic heterocycles. The number of fused-ring (bicyclic) bond motifs is 2. The van der Waals surface area contributed by atoms with Gasteiger partial charge in [-0.05, 0) is 42.7 Å². The van der Waals surface area contributed by atoms with Crippen molar-refractivity contribution in [1.82, 2.24) is 19.0 Å². The van der Waals surface area contributed by atoms with E-state index in [2.05, 4.69) is 31.1 Å². The lowest BCUT2D eigenvalue weighted by atomic mass is 10.0. The van der Waals surface area contributed by atoms with Gasteiger partial charge in [-0.25, -0.2) is 4.39 Å². The molecule has 7 nitrogen and oxygen atoms in total. The number of hydrogen-bond acceptors (Lipinski definition) is 7. The van der Waals surface area contributed by atoms with Gasteiger partial charge in [0.15, 0.2) is 11.2 Å². The van der Waals surface area contributed by atoms with Crippen LogP contribution in [0.2, 0.25) is 0 Å². The number of aromatic nitrogens is 2. The van der Waals surface area contributed by atoms with Crippen LogP contribution in [0.3, 0.4) is 0 Å². The Labute approximate surface area is 180 Å². The van der Waals surface area contributed by atoms with Gasteiger partial charge >= 0.3 is 0 Å². The van der Waals surface area contributed by atoms with E-state index in [0.29, 0.717) is 0 Å². The molecule has 5 rings (SSSR count). The number of nitrogens with one attached hydrogen (secondary N) is 1. The first kappa shape index (κ1) is 19.8. The molecule has 0 atom stereocenters. The lowest BCUT2D eigenvalue weighted by molar-refractivity contribution is 0.0881. The number of piperidine rings is 1. The maximum Gasteiger partial charge on any atom is 0.287 e.